The van der Waals surface area contributed by atoms with Crippen molar-refractivity contribution in [1.82, 2.24) is 9.97 Å². The zero-order valence-corrected chi connectivity index (χ0v) is 7.13. The SMILES string of the molecule is COC(=O)c1[nH]c(=O)[nH]c(=O)c1C. The molecule has 0 saturated heterocycles. The van der Waals surface area contributed by atoms with Gasteiger partial charge in [-0.3, -0.25) is 9.78 Å². The van der Waals surface area contributed by atoms with Crippen LogP contribution in [-0.4, -0.2) is 23.0 Å². The number of nitrogens with one attached hydrogen (secondary N) is 2. The van der Waals surface area contributed by atoms with Crippen LogP contribution < -0.4 is 11.2 Å². The fourth-order valence-corrected chi connectivity index (χ4v) is 0.855. The van der Waals surface area contributed by atoms with Crippen LogP contribution in [0, 0.1) is 6.92 Å². The third-order valence-corrected chi connectivity index (χ3v) is 1.57. The largest absolute Gasteiger partial charge is 0.464 e. The molecular weight excluding hydrogens is 176 g/mol. The van der Waals surface area contributed by atoms with E-state index >= 15 is 0 Å². The van der Waals surface area contributed by atoms with E-state index in [0.717, 1.165) is 0 Å². The maximum Gasteiger partial charge on any atom is 0.355 e. The van der Waals surface area contributed by atoms with Crippen LogP contribution in [0.5, 0.6) is 0 Å². The molecule has 2 N–H and O–H groups in total. The van der Waals surface area contributed by atoms with Gasteiger partial charge >= 0.3 is 11.7 Å². The molecule has 0 saturated carbocycles. The topological polar surface area (TPSA) is 92.0 Å². The molecule has 0 radical (unpaired) electrons. The van der Waals surface area contributed by atoms with Crippen molar-refractivity contribution in [2.24, 2.45) is 0 Å². The van der Waals surface area contributed by atoms with Gasteiger partial charge in [0.05, 0.1) is 7.11 Å². The van der Waals surface area contributed by atoms with E-state index in [1.807, 2.05) is 4.98 Å². The van der Waals surface area contributed by atoms with Crippen LogP contribution in [0.2, 0.25) is 0 Å². The second kappa shape index (κ2) is 3.26. The summed E-state index contributed by atoms with van der Waals surface area (Å²) in [6.45, 7) is 1.42. The number of H-pyrrole nitrogens is 2. The monoisotopic (exact) mass is 184 g/mol. The molecule has 0 aromatic carbocycles. The zero-order valence-electron chi connectivity index (χ0n) is 7.13. The molecule has 0 amide bonds. The first-order valence-electron chi connectivity index (χ1n) is 3.47. The Morgan fingerprint density at radius 2 is 1.92 bits per heavy atom. The van der Waals surface area contributed by atoms with Gasteiger partial charge < -0.3 is 9.72 Å². The van der Waals surface area contributed by atoms with Crippen LogP contribution in [0.4, 0.5) is 0 Å². The minimum absolute atomic E-state index is 0.115. The highest BCUT2D eigenvalue weighted by molar-refractivity contribution is 5.88. The Kier molecular flexibility index (Phi) is 2.32. The first kappa shape index (κ1) is 9.24. The quantitative estimate of drug-likeness (QED) is 0.556. The Hall–Kier alpha value is -1.85. The van der Waals surface area contributed by atoms with Gasteiger partial charge in [0, 0.05) is 5.56 Å². The number of hydrogen-bond donors (Lipinski definition) is 2. The number of methoxy groups -OCH3 is 1. The summed E-state index contributed by atoms with van der Waals surface area (Å²) in [5.41, 5.74) is -1.30. The molecule has 0 aliphatic heterocycles. The van der Waals surface area contributed by atoms with Crippen molar-refractivity contribution in [3.05, 3.63) is 32.1 Å². The van der Waals surface area contributed by atoms with E-state index < -0.39 is 17.2 Å². The molecular formula is C7H8N2O4. The summed E-state index contributed by atoms with van der Waals surface area (Å²) in [7, 11) is 1.17. The van der Waals surface area contributed by atoms with Gasteiger partial charge in [0.2, 0.25) is 0 Å². The second-order valence-corrected chi connectivity index (χ2v) is 2.40. The molecule has 0 atom stereocenters. The van der Waals surface area contributed by atoms with E-state index in [-0.39, 0.29) is 11.3 Å². The molecule has 6 nitrogen and oxygen atoms in total. The average molecular weight is 184 g/mol. The Morgan fingerprint density at radius 1 is 1.31 bits per heavy atom. The van der Waals surface area contributed by atoms with Crippen molar-refractivity contribution < 1.29 is 9.53 Å². The van der Waals surface area contributed by atoms with E-state index in [1.54, 1.807) is 0 Å². The molecule has 0 aliphatic carbocycles. The molecule has 1 rings (SSSR count). The van der Waals surface area contributed by atoms with Crippen LogP contribution in [0.1, 0.15) is 16.1 Å². The maximum atomic E-state index is 11.0. The average Bonchev–Trinajstić information content (AvgIpc) is 2.10. The van der Waals surface area contributed by atoms with E-state index in [0.29, 0.717) is 0 Å². The molecule has 0 spiro atoms. The third kappa shape index (κ3) is 1.66. The number of rotatable bonds is 1. The number of aromatic nitrogens is 2. The van der Waals surface area contributed by atoms with E-state index in [2.05, 4.69) is 9.72 Å². The van der Waals surface area contributed by atoms with Crippen molar-refractivity contribution in [1.29, 1.82) is 0 Å². The summed E-state index contributed by atoms with van der Waals surface area (Å²) in [4.78, 5) is 36.9. The zero-order chi connectivity index (χ0) is 10.0. The van der Waals surface area contributed by atoms with Crippen LogP contribution >= 0.6 is 0 Å². The molecule has 13 heavy (non-hydrogen) atoms. The first-order chi connectivity index (χ1) is 6.06. The molecule has 0 aliphatic rings. The standard InChI is InChI=1S/C7H8N2O4/c1-3-4(6(11)13-2)8-7(12)9-5(3)10/h1-2H3,(H2,8,9,10,12). The summed E-state index contributed by atoms with van der Waals surface area (Å²) >= 11 is 0. The van der Waals surface area contributed by atoms with Gasteiger partial charge in [0.1, 0.15) is 5.69 Å². The summed E-state index contributed by atoms with van der Waals surface area (Å²) in [6, 6.07) is 0. The van der Waals surface area contributed by atoms with Gasteiger partial charge in [-0.2, -0.15) is 0 Å². The highest BCUT2D eigenvalue weighted by Crippen LogP contribution is 1.96. The van der Waals surface area contributed by atoms with Crippen molar-refractivity contribution in [3.8, 4) is 0 Å². The van der Waals surface area contributed by atoms with Crippen molar-refractivity contribution in [2.45, 2.75) is 6.92 Å². The van der Waals surface area contributed by atoms with Crippen molar-refractivity contribution in [3.63, 3.8) is 0 Å². The Balaban J connectivity index is 3.46. The highest BCUT2D eigenvalue weighted by atomic mass is 16.5. The van der Waals surface area contributed by atoms with Gasteiger partial charge in [-0.25, -0.2) is 9.59 Å². The Labute approximate surface area is 72.6 Å². The molecule has 6 heteroatoms. The number of aromatic amines is 2. The number of ether oxygens (including phenoxy) is 1. The van der Waals surface area contributed by atoms with Crippen LogP contribution in [0.25, 0.3) is 0 Å². The van der Waals surface area contributed by atoms with Crippen LogP contribution in [0.15, 0.2) is 9.59 Å². The van der Waals surface area contributed by atoms with Crippen molar-refractivity contribution in [2.75, 3.05) is 7.11 Å². The Morgan fingerprint density at radius 3 is 2.46 bits per heavy atom. The maximum absolute atomic E-state index is 11.0. The number of carbonyl (C=O) groups excluding carboxylic acids is 1. The molecule has 1 aromatic heterocycles. The predicted octanol–water partition coefficient (Wildman–Crippen LogP) is -0.842. The van der Waals surface area contributed by atoms with E-state index in [1.165, 1.54) is 14.0 Å². The lowest BCUT2D eigenvalue weighted by Crippen LogP contribution is -2.28. The lowest BCUT2D eigenvalue weighted by molar-refractivity contribution is 0.0592. The Bertz CT molecular complexity index is 443. The van der Waals surface area contributed by atoms with E-state index in [9.17, 15) is 14.4 Å². The van der Waals surface area contributed by atoms with Gasteiger partial charge in [-0.15, -0.1) is 0 Å². The highest BCUT2D eigenvalue weighted by Gasteiger charge is 2.12. The normalized spacial score (nSPS) is 9.69. The molecule has 0 fully saturated rings. The van der Waals surface area contributed by atoms with E-state index in [4.69, 9.17) is 0 Å². The fraction of sp³-hybridized carbons (Fsp3) is 0.286. The predicted molar refractivity (Wildman–Crippen MR) is 43.8 cm³/mol. The lowest BCUT2D eigenvalue weighted by atomic mass is 10.2. The van der Waals surface area contributed by atoms with Gasteiger partial charge in [0.15, 0.2) is 0 Å². The fourth-order valence-electron chi connectivity index (χ4n) is 0.855. The number of esters is 1. The number of hydrogen-bond acceptors (Lipinski definition) is 4. The summed E-state index contributed by atoms with van der Waals surface area (Å²) in [5, 5.41) is 0. The minimum Gasteiger partial charge on any atom is -0.464 e. The summed E-state index contributed by atoms with van der Waals surface area (Å²) < 4.78 is 4.37. The van der Waals surface area contributed by atoms with Gasteiger partial charge in [-0.05, 0) is 6.92 Å². The smallest absolute Gasteiger partial charge is 0.355 e. The molecule has 1 aromatic rings. The molecule has 0 unspecified atom stereocenters. The van der Waals surface area contributed by atoms with Crippen LogP contribution in [-0.2, 0) is 4.74 Å². The van der Waals surface area contributed by atoms with Gasteiger partial charge in [-0.1, -0.05) is 0 Å². The van der Waals surface area contributed by atoms with Crippen molar-refractivity contribution >= 4 is 5.97 Å². The second-order valence-electron chi connectivity index (χ2n) is 2.40. The summed E-state index contributed by atoms with van der Waals surface area (Å²) in [6.07, 6.45) is 0. The summed E-state index contributed by atoms with van der Waals surface area (Å²) in [5.74, 6) is -0.735. The number of carbonyl (C=O) groups is 1. The third-order valence-electron chi connectivity index (χ3n) is 1.57. The minimum atomic E-state index is -0.735. The molecule has 1 heterocycles. The first-order valence-corrected chi connectivity index (χ1v) is 3.47. The lowest BCUT2D eigenvalue weighted by Gasteiger charge is -2.00. The van der Waals surface area contributed by atoms with Gasteiger partial charge in [0.25, 0.3) is 5.56 Å². The van der Waals surface area contributed by atoms with Crippen LogP contribution in [0.3, 0.4) is 0 Å². The molecule has 0 bridgehead atoms. The molecule has 70 valence electrons.